The molecule has 120 valence electrons. The number of benzene rings is 1. The van der Waals surface area contributed by atoms with E-state index in [9.17, 15) is 9.59 Å². The molecule has 0 spiro atoms. The maximum absolute atomic E-state index is 12.2. The highest BCUT2D eigenvalue weighted by Crippen LogP contribution is 2.25. The van der Waals surface area contributed by atoms with Gasteiger partial charge in [0.05, 0.1) is 23.3 Å². The van der Waals surface area contributed by atoms with Crippen LogP contribution in [-0.4, -0.2) is 42.4 Å². The number of carbonyl (C=O) groups is 2. The highest BCUT2D eigenvalue weighted by molar-refractivity contribution is 6.36. The molecule has 7 heteroatoms. The molecule has 0 heterocycles. The lowest BCUT2D eigenvalue weighted by Crippen LogP contribution is -2.45. The van der Waals surface area contributed by atoms with E-state index in [2.05, 4.69) is 10.6 Å². The summed E-state index contributed by atoms with van der Waals surface area (Å²) in [5.74, 6) is -0.292. The van der Waals surface area contributed by atoms with Crippen molar-refractivity contribution >= 4 is 40.7 Å². The zero-order valence-electron chi connectivity index (χ0n) is 12.5. The van der Waals surface area contributed by atoms with Gasteiger partial charge in [-0.1, -0.05) is 23.2 Å². The first kappa shape index (κ1) is 17.1. The molecule has 1 fully saturated rings. The van der Waals surface area contributed by atoms with E-state index in [0.717, 1.165) is 12.8 Å². The Morgan fingerprint density at radius 2 is 2.05 bits per heavy atom. The van der Waals surface area contributed by atoms with Crippen molar-refractivity contribution in [1.29, 1.82) is 0 Å². The number of amides is 2. The topological polar surface area (TPSA) is 61.4 Å². The highest BCUT2D eigenvalue weighted by atomic mass is 35.5. The standard InChI is InChI=1S/C15H19Cl2N3O2/c1-9(20(2)8-14(21)18-11-4-5-11)15(22)19-13-6-3-10(16)7-12(13)17/h3,6-7,9,11H,4-5,8H2,1-2H3,(H,18,21)(H,19,22)/t9-/m0/s1. The zero-order chi connectivity index (χ0) is 16.3. The van der Waals surface area contributed by atoms with E-state index in [-0.39, 0.29) is 18.4 Å². The number of halogens is 2. The first-order chi connectivity index (χ1) is 10.4. The van der Waals surface area contributed by atoms with Crippen molar-refractivity contribution < 1.29 is 9.59 Å². The maximum atomic E-state index is 12.2. The largest absolute Gasteiger partial charge is 0.352 e. The third kappa shape index (κ3) is 4.87. The Morgan fingerprint density at radius 1 is 1.36 bits per heavy atom. The van der Waals surface area contributed by atoms with E-state index in [1.165, 1.54) is 0 Å². The van der Waals surface area contributed by atoms with Crippen LogP contribution in [-0.2, 0) is 9.59 Å². The van der Waals surface area contributed by atoms with Crippen LogP contribution in [0.5, 0.6) is 0 Å². The number of anilines is 1. The van der Waals surface area contributed by atoms with Gasteiger partial charge < -0.3 is 10.6 Å². The maximum Gasteiger partial charge on any atom is 0.241 e. The molecule has 5 nitrogen and oxygen atoms in total. The molecule has 1 aromatic rings. The van der Waals surface area contributed by atoms with Gasteiger partial charge in [0.2, 0.25) is 11.8 Å². The van der Waals surface area contributed by atoms with Crippen molar-refractivity contribution in [2.75, 3.05) is 18.9 Å². The molecule has 2 N–H and O–H groups in total. The Labute approximate surface area is 139 Å². The lowest BCUT2D eigenvalue weighted by molar-refractivity contribution is -0.124. The van der Waals surface area contributed by atoms with E-state index < -0.39 is 6.04 Å². The molecule has 1 aromatic carbocycles. The number of nitrogens with one attached hydrogen (secondary N) is 2. The van der Waals surface area contributed by atoms with E-state index >= 15 is 0 Å². The molecule has 0 saturated heterocycles. The minimum atomic E-state index is -0.461. The van der Waals surface area contributed by atoms with Crippen molar-refractivity contribution in [3.8, 4) is 0 Å². The number of rotatable bonds is 6. The van der Waals surface area contributed by atoms with Gasteiger partial charge in [0, 0.05) is 11.1 Å². The average Bonchev–Trinajstić information content (AvgIpc) is 3.24. The lowest BCUT2D eigenvalue weighted by atomic mass is 10.2. The summed E-state index contributed by atoms with van der Waals surface area (Å²) in [4.78, 5) is 25.7. The van der Waals surface area contributed by atoms with Gasteiger partial charge in [0.25, 0.3) is 0 Å². The first-order valence-electron chi connectivity index (χ1n) is 7.12. The molecule has 1 aliphatic rings. The van der Waals surface area contributed by atoms with Crippen LogP contribution in [0.2, 0.25) is 10.0 Å². The summed E-state index contributed by atoms with van der Waals surface area (Å²) in [7, 11) is 1.74. The summed E-state index contributed by atoms with van der Waals surface area (Å²) in [5.41, 5.74) is 0.499. The fourth-order valence-corrected chi connectivity index (χ4v) is 2.35. The summed E-state index contributed by atoms with van der Waals surface area (Å²) < 4.78 is 0. The fraction of sp³-hybridized carbons (Fsp3) is 0.467. The minimum absolute atomic E-state index is 0.0609. The Bertz CT molecular complexity index is 576. The van der Waals surface area contributed by atoms with Gasteiger partial charge in [0.15, 0.2) is 0 Å². The second-order valence-electron chi connectivity index (χ2n) is 5.55. The second-order valence-corrected chi connectivity index (χ2v) is 6.39. The SMILES string of the molecule is C[C@@H](C(=O)Nc1ccc(Cl)cc1Cl)N(C)CC(=O)NC1CC1. The Balaban J connectivity index is 1.88. The highest BCUT2D eigenvalue weighted by Gasteiger charge is 2.25. The van der Waals surface area contributed by atoms with Crippen molar-refractivity contribution in [3.05, 3.63) is 28.2 Å². The molecule has 0 aliphatic heterocycles. The summed E-state index contributed by atoms with van der Waals surface area (Å²) in [6.45, 7) is 1.92. The van der Waals surface area contributed by atoms with Gasteiger partial charge in [-0.05, 0) is 45.0 Å². The van der Waals surface area contributed by atoms with Crippen LogP contribution in [0, 0.1) is 0 Å². The zero-order valence-corrected chi connectivity index (χ0v) is 14.0. The summed E-state index contributed by atoms with van der Waals surface area (Å²) in [5, 5.41) is 6.52. The van der Waals surface area contributed by atoms with Crippen molar-refractivity contribution in [2.45, 2.75) is 31.8 Å². The van der Waals surface area contributed by atoms with Crippen LogP contribution in [0.1, 0.15) is 19.8 Å². The summed E-state index contributed by atoms with van der Waals surface area (Å²) in [6.07, 6.45) is 2.08. The van der Waals surface area contributed by atoms with Crippen LogP contribution >= 0.6 is 23.2 Å². The first-order valence-corrected chi connectivity index (χ1v) is 7.88. The smallest absolute Gasteiger partial charge is 0.241 e. The number of hydrogen-bond acceptors (Lipinski definition) is 3. The summed E-state index contributed by atoms with van der Waals surface area (Å²) in [6, 6.07) is 4.72. The normalized spacial score (nSPS) is 15.5. The number of likely N-dealkylation sites (N-methyl/N-ethyl adjacent to an activating group) is 1. The number of nitrogens with zero attached hydrogens (tertiary/aromatic N) is 1. The van der Waals surface area contributed by atoms with Crippen LogP contribution in [0.3, 0.4) is 0 Å². The van der Waals surface area contributed by atoms with Gasteiger partial charge in [0.1, 0.15) is 0 Å². The van der Waals surface area contributed by atoms with Gasteiger partial charge in [-0.15, -0.1) is 0 Å². The molecule has 2 amide bonds. The van der Waals surface area contributed by atoms with Gasteiger partial charge in [-0.25, -0.2) is 0 Å². The van der Waals surface area contributed by atoms with Crippen LogP contribution in [0.4, 0.5) is 5.69 Å². The fourth-order valence-electron chi connectivity index (χ4n) is 1.89. The van der Waals surface area contributed by atoms with Gasteiger partial charge >= 0.3 is 0 Å². The van der Waals surface area contributed by atoms with E-state index in [0.29, 0.717) is 21.8 Å². The van der Waals surface area contributed by atoms with E-state index in [1.54, 1.807) is 37.1 Å². The molecule has 1 atom stereocenters. The quantitative estimate of drug-likeness (QED) is 0.834. The number of hydrogen-bond donors (Lipinski definition) is 2. The van der Waals surface area contributed by atoms with Crippen molar-refractivity contribution in [2.24, 2.45) is 0 Å². The average molecular weight is 344 g/mol. The van der Waals surface area contributed by atoms with Crippen molar-refractivity contribution in [3.63, 3.8) is 0 Å². The van der Waals surface area contributed by atoms with Gasteiger partial charge in [-0.2, -0.15) is 0 Å². The third-order valence-corrected chi connectivity index (χ3v) is 4.11. The second kappa shape index (κ2) is 7.31. The summed E-state index contributed by atoms with van der Waals surface area (Å²) >= 11 is 11.9. The Kier molecular flexibility index (Phi) is 5.67. The molecule has 2 rings (SSSR count). The van der Waals surface area contributed by atoms with Crippen molar-refractivity contribution in [1.82, 2.24) is 10.2 Å². The molecule has 0 unspecified atom stereocenters. The molecule has 22 heavy (non-hydrogen) atoms. The monoisotopic (exact) mass is 343 g/mol. The number of carbonyl (C=O) groups excluding carboxylic acids is 2. The molecule has 0 aromatic heterocycles. The molecule has 1 aliphatic carbocycles. The Morgan fingerprint density at radius 3 is 2.64 bits per heavy atom. The molecule has 0 radical (unpaired) electrons. The minimum Gasteiger partial charge on any atom is -0.352 e. The Hall–Kier alpha value is -1.30. The predicted molar refractivity (Wildman–Crippen MR) is 88.3 cm³/mol. The molecule has 1 saturated carbocycles. The lowest BCUT2D eigenvalue weighted by Gasteiger charge is -2.23. The van der Waals surface area contributed by atoms with Crippen LogP contribution in [0.15, 0.2) is 18.2 Å². The predicted octanol–water partition coefficient (Wildman–Crippen LogP) is 2.53. The molecule has 0 bridgehead atoms. The van der Waals surface area contributed by atoms with E-state index in [4.69, 9.17) is 23.2 Å². The molecular weight excluding hydrogens is 325 g/mol. The van der Waals surface area contributed by atoms with Gasteiger partial charge in [-0.3, -0.25) is 14.5 Å². The third-order valence-electron chi connectivity index (χ3n) is 3.57. The van der Waals surface area contributed by atoms with Crippen LogP contribution < -0.4 is 10.6 Å². The van der Waals surface area contributed by atoms with Crippen LogP contribution in [0.25, 0.3) is 0 Å². The molecular formula is C15H19Cl2N3O2. The van der Waals surface area contributed by atoms with E-state index in [1.807, 2.05) is 0 Å².